The van der Waals surface area contributed by atoms with Crippen molar-refractivity contribution in [2.24, 2.45) is 0 Å². The molecule has 108 valence electrons. The van der Waals surface area contributed by atoms with Gasteiger partial charge in [-0.25, -0.2) is 18.4 Å². The van der Waals surface area contributed by atoms with E-state index in [1.165, 1.54) is 0 Å². The summed E-state index contributed by atoms with van der Waals surface area (Å²) in [5, 5.41) is 15.7. The van der Waals surface area contributed by atoms with Gasteiger partial charge in [0.05, 0.1) is 0 Å². The molecule has 0 spiro atoms. The van der Waals surface area contributed by atoms with E-state index in [1.807, 2.05) is 0 Å². The quantitative estimate of drug-likeness (QED) is 0.177. The molecule has 0 aliphatic heterocycles. The van der Waals surface area contributed by atoms with Gasteiger partial charge in [-0.1, -0.05) is 0 Å². The third kappa shape index (κ3) is 7.51. The van der Waals surface area contributed by atoms with Gasteiger partial charge in [0.2, 0.25) is 0 Å². The average molecular weight is 308 g/mol. The maximum absolute atomic E-state index is 12.6. The van der Waals surface area contributed by atoms with Gasteiger partial charge in [-0.3, -0.25) is 4.57 Å². The normalized spacial score (nSPS) is 11.7. The van der Waals surface area contributed by atoms with E-state index >= 15 is 0 Å². The first-order chi connectivity index (χ1) is 7.70. The van der Waals surface area contributed by atoms with Gasteiger partial charge in [-0.05, 0) is 0 Å². The van der Waals surface area contributed by atoms with Crippen LogP contribution in [0.4, 0.5) is 17.6 Å². The predicted molar refractivity (Wildman–Crippen MR) is 42.1 cm³/mol. The third-order valence-corrected chi connectivity index (χ3v) is 1.26. The van der Waals surface area contributed by atoms with Crippen molar-refractivity contribution in [1.29, 1.82) is 0 Å². The minimum Gasteiger partial charge on any atom is -0.756 e. The Hall–Kier alpha value is -0.633. The molecule has 0 aliphatic rings. The van der Waals surface area contributed by atoms with Crippen molar-refractivity contribution >= 4 is 19.8 Å². The van der Waals surface area contributed by atoms with Crippen LogP contribution < -0.4 is 23.8 Å². The Labute approximate surface area is 114 Å². The number of phosphoric acid groups is 1. The van der Waals surface area contributed by atoms with Crippen LogP contribution in [-0.2, 0) is 14.2 Å². The van der Waals surface area contributed by atoms with Crippen LogP contribution in [0.3, 0.4) is 0 Å². The number of rotatable bonds is 4. The van der Waals surface area contributed by atoms with Crippen LogP contribution in [0.5, 0.6) is 0 Å². The van der Waals surface area contributed by atoms with Crippen LogP contribution in [0.25, 0.3) is 0 Å². The summed E-state index contributed by atoms with van der Waals surface area (Å²) in [5.74, 6) is -11.0. The molecule has 0 rings (SSSR count). The predicted octanol–water partition coefficient (Wildman–Crippen LogP) is -4.09. The molecule has 0 radical (unpaired) electrons. The van der Waals surface area contributed by atoms with E-state index in [9.17, 15) is 27.2 Å². The first-order valence-corrected chi connectivity index (χ1v) is 5.09. The van der Waals surface area contributed by atoms with Gasteiger partial charge in [0.1, 0.15) is 0 Å². The molecule has 4 N–H and O–H groups in total. The summed E-state index contributed by atoms with van der Waals surface area (Å²) < 4.78 is 57.2. The molecule has 0 fully saturated rings. The summed E-state index contributed by atoms with van der Waals surface area (Å²) in [4.78, 5) is 42.7. The third-order valence-electron chi connectivity index (χ3n) is 1.26. The number of hydrogen-bond donors (Lipinski definition) is 4. The molecule has 0 aromatic carbocycles. The standard InChI is InChI=1S/C5H4F4O4.Li.H3O4P/c6-1-4(7,8)5(9,2(10)11)3(12)13;;1-5(2,3)4/h1H2,(H,10,11)(H,12,13);;(H3,1,2,3,4)/q;+1;/p-1. The maximum atomic E-state index is 12.6. The maximum Gasteiger partial charge on any atom is 1.00 e. The molecule has 0 amide bonds. The molecular weight excluding hydrogens is 302 g/mol. The molecule has 0 aromatic heterocycles. The van der Waals surface area contributed by atoms with Gasteiger partial charge in [0, 0.05) is 0 Å². The molecule has 14 heteroatoms. The smallest absolute Gasteiger partial charge is 0.756 e. The summed E-state index contributed by atoms with van der Waals surface area (Å²) in [6, 6.07) is 0. The van der Waals surface area contributed by atoms with Gasteiger partial charge in [-0.2, -0.15) is 8.78 Å². The zero-order chi connectivity index (χ0) is 15.4. The van der Waals surface area contributed by atoms with Crippen molar-refractivity contribution in [3.05, 3.63) is 0 Å². The number of carboxylic acids is 2. The minimum atomic E-state index is -5.09. The van der Waals surface area contributed by atoms with Gasteiger partial charge >= 0.3 is 42.4 Å². The van der Waals surface area contributed by atoms with Crippen molar-refractivity contribution in [2.75, 3.05) is 6.67 Å². The second kappa shape index (κ2) is 7.84. The summed E-state index contributed by atoms with van der Waals surface area (Å²) in [6.07, 6.45) is 0. The van der Waals surface area contributed by atoms with Crippen molar-refractivity contribution in [3.63, 3.8) is 0 Å². The van der Waals surface area contributed by atoms with Crippen molar-refractivity contribution in [2.45, 2.75) is 11.6 Å². The van der Waals surface area contributed by atoms with Crippen LogP contribution in [0.1, 0.15) is 0 Å². The van der Waals surface area contributed by atoms with Crippen molar-refractivity contribution in [3.8, 4) is 0 Å². The average Bonchev–Trinajstić information content (AvgIpc) is 2.12. The van der Waals surface area contributed by atoms with Crippen LogP contribution >= 0.6 is 7.82 Å². The molecule has 0 saturated carbocycles. The van der Waals surface area contributed by atoms with Gasteiger partial charge in [-0.15, -0.1) is 0 Å². The van der Waals surface area contributed by atoms with Crippen molar-refractivity contribution in [1.82, 2.24) is 0 Å². The SMILES string of the molecule is O=C(O)C(F)(C(=O)O)C(F)(F)CF.O=P([O-])(O)O.[Li+]. The fourth-order valence-corrected chi connectivity index (χ4v) is 0.496. The molecule has 0 aromatic rings. The number of carboxylic acid groups (broad SMARTS) is 2. The molecule has 0 saturated heterocycles. The summed E-state index contributed by atoms with van der Waals surface area (Å²) in [6.45, 7) is -2.71. The fraction of sp³-hybridized carbons (Fsp3) is 0.600. The molecule has 8 nitrogen and oxygen atoms in total. The Bertz CT molecular complexity index is 348. The zero-order valence-corrected chi connectivity index (χ0v) is 9.98. The summed E-state index contributed by atoms with van der Waals surface area (Å²) in [5.41, 5.74) is -4.93. The van der Waals surface area contributed by atoms with E-state index < -0.39 is 38.0 Å². The van der Waals surface area contributed by atoms with E-state index in [-0.39, 0.29) is 18.9 Å². The first-order valence-electron chi connectivity index (χ1n) is 3.56. The number of alkyl halides is 4. The number of aliphatic carboxylic acids is 2. The molecule has 19 heavy (non-hydrogen) atoms. The van der Waals surface area contributed by atoms with E-state index in [4.69, 9.17) is 29.5 Å². The van der Waals surface area contributed by atoms with E-state index in [1.54, 1.807) is 0 Å². The molecule has 0 atom stereocenters. The van der Waals surface area contributed by atoms with E-state index in [0.717, 1.165) is 0 Å². The second-order valence-electron chi connectivity index (χ2n) is 2.60. The Morgan fingerprint density at radius 2 is 1.32 bits per heavy atom. The number of halogens is 4. The van der Waals surface area contributed by atoms with Gasteiger partial charge in [0.15, 0.2) is 6.67 Å². The minimum absolute atomic E-state index is 0. The Balaban J connectivity index is -0.000000366. The summed E-state index contributed by atoms with van der Waals surface area (Å²) in [7, 11) is -4.89. The van der Waals surface area contributed by atoms with Crippen molar-refractivity contribution < 1.29 is 75.5 Å². The van der Waals surface area contributed by atoms with Crippen LogP contribution in [-0.4, -0.2) is 50.2 Å². The van der Waals surface area contributed by atoms with E-state index in [0.29, 0.717) is 0 Å². The summed E-state index contributed by atoms with van der Waals surface area (Å²) >= 11 is 0. The molecular formula is C5H6F4LiO8P. The Kier molecular flexibility index (Phi) is 9.67. The molecule has 0 bridgehead atoms. The van der Waals surface area contributed by atoms with Gasteiger partial charge < -0.3 is 24.9 Å². The Morgan fingerprint density at radius 1 is 1.11 bits per heavy atom. The van der Waals surface area contributed by atoms with E-state index in [2.05, 4.69) is 0 Å². The Morgan fingerprint density at radius 3 is 1.37 bits per heavy atom. The number of carbonyl (C=O) groups is 2. The van der Waals surface area contributed by atoms with Crippen LogP contribution in [0.15, 0.2) is 0 Å². The zero-order valence-electron chi connectivity index (χ0n) is 9.09. The second-order valence-corrected chi connectivity index (χ2v) is 3.58. The van der Waals surface area contributed by atoms with Crippen LogP contribution in [0.2, 0.25) is 0 Å². The first kappa shape index (κ1) is 23.5. The molecule has 0 unspecified atom stereocenters. The number of hydrogen-bond acceptors (Lipinski definition) is 4. The molecule has 0 aliphatic carbocycles. The van der Waals surface area contributed by atoms with Crippen LogP contribution in [0, 0.1) is 0 Å². The fourth-order valence-electron chi connectivity index (χ4n) is 0.496. The monoisotopic (exact) mass is 308 g/mol. The van der Waals surface area contributed by atoms with Gasteiger partial charge in [0.25, 0.3) is 7.82 Å². The molecule has 0 heterocycles. The largest absolute Gasteiger partial charge is 1.00 e. The topological polar surface area (TPSA) is 155 Å².